The standard InChI is InChI=1S/C17H20FN5O2.ClH/c1-19-16(11-9-20-22(2)10-11)17(25)21-12-5-6-14(13(18)8-12)23-7-3-4-15(23)24;/h5-6,8-10,16,19H,3-4,7H2,1-2H3,(H,21,25);1H. The zero-order valence-corrected chi connectivity index (χ0v) is 15.3. The number of carbonyl (C=O) groups excluding carboxylic acids is 2. The van der Waals surface area contributed by atoms with Crippen molar-refractivity contribution in [3.8, 4) is 0 Å². The van der Waals surface area contributed by atoms with E-state index in [0.717, 1.165) is 6.42 Å². The first-order valence-electron chi connectivity index (χ1n) is 8.06. The van der Waals surface area contributed by atoms with Gasteiger partial charge < -0.3 is 15.5 Å². The zero-order valence-electron chi connectivity index (χ0n) is 14.5. The van der Waals surface area contributed by atoms with Gasteiger partial charge in [-0.3, -0.25) is 14.3 Å². The van der Waals surface area contributed by atoms with Gasteiger partial charge in [0, 0.05) is 37.5 Å². The van der Waals surface area contributed by atoms with E-state index in [9.17, 15) is 14.0 Å². The largest absolute Gasteiger partial charge is 0.324 e. The number of rotatable bonds is 5. The van der Waals surface area contributed by atoms with Crippen LogP contribution in [0.5, 0.6) is 0 Å². The number of anilines is 2. The van der Waals surface area contributed by atoms with Crippen molar-refractivity contribution in [2.45, 2.75) is 18.9 Å². The number of nitrogens with zero attached hydrogens (tertiary/aromatic N) is 3. The highest BCUT2D eigenvalue weighted by Gasteiger charge is 2.25. The highest BCUT2D eigenvalue weighted by molar-refractivity contribution is 5.97. The van der Waals surface area contributed by atoms with Crippen LogP contribution in [0.3, 0.4) is 0 Å². The molecule has 0 aliphatic carbocycles. The summed E-state index contributed by atoms with van der Waals surface area (Å²) in [5.41, 5.74) is 1.29. The Morgan fingerprint density at radius 1 is 1.38 bits per heavy atom. The summed E-state index contributed by atoms with van der Waals surface area (Å²) in [5.74, 6) is -0.933. The lowest BCUT2D eigenvalue weighted by Crippen LogP contribution is -2.30. The maximum absolute atomic E-state index is 14.4. The number of hydrogen-bond acceptors (Lipinski definition) is 4. The molecule has 1 fully saturated rings. The van der Waals surface area contributed by atoms with E-state index in [2.05, 4.69) is 15.7 Å². The Morgan fingerprint density at radius 2 is 2.15 bits per heavy atom. The van der Waals surface area contributed by atoms with Gasteiger partial charge in [0.2, 0.25) is 11.8 Å². The molecule has 2 N–H and O–H groups in total. The van der Waals surface area contributed by atoms with E-state index in [1.165, 1.54) is 17.0 Å². The summed E-state index contributed by atoms with van der Waals surface area (Å²) in [6.45, 7) is 0.518. The second-order valence-corrected chi connectivity index (χ2v) is 5.97. The molecule has 140 valence electrons. The van der Waals surface area contributed by atoms with Crippen LogP contribution >= 0.6 is 12.4 Å². The summed E-state index contributed by atoms with van der Waals surface area (Å²) in [6, 6.07) is 3.75. The van der Waals surface area contributed by atoms with Crippen LogP contribution in [0.2, 0.25) is 0 Å². The van der Waals surface area contributed by atoms with Crippen molar-refractivity contribution >= 4 is 35.6 Å². The quantitative estimate of drug-likeness (QED) is 0.830. The summed E-state index contributed by atoms with van der Waals surface area (Å²) in [7, 11) is 3.43. The minimum absolute atomic E-state index is 0. The molecule has 1 unspecified atom stereocenters. The molecule has 1 aliphatic heterocycles. The Bertz CT molecular complexity index is 810. The average Bonchev–Trinajstić information content (AvgIpc) is 3.17. The Kier molecular flexibility index (Phi) is 6.33. The van der Waals surface area contributed by atoms with E-state index < -0.39 is 11.9 Å². The van der Waals surface area contributed by atoms with Crippen LogP contribution in [-0.2, 0) is 16.6 Å². The maximum Gasteiger partial charge on any atom is 0.246 e. The van der Waals surface area contributed by atoms with Crippen molar-refractivity contribution < 1.29 is 14.0 Å². The topological polar surface area (TPSA) is 79.3 Å². The minimum Gasteiger partial charge on any atom is -0.324 e. The third kappa shape index (κ3) is 4.03. The second kappa shape index (κ2) is 8.29. The molecule has 1 aliphatic rings. The zero-order chi connectivity index (χ0) is 18.0. The van der Waals surface area contributed by atoms with Crippen LogP contribution < -0.4 is 15.5 Å². The van der Waals surface area contributed by atoms with Gasteiger partial charge >= 0.3 is 0 Å². The first-order chi connectivity index (χ1) is 12.0. The molecule has 2 heterocycles. The van der Waals surface area contributed by atoms with Gasteiger partial charge in [-0.2, -0.15) is 5.10 Å². The smallest absolute Gasteiger partial charge is 0.246 e. The monoisotopic (exact) mass is 381 g/mol. The number of amides is 2. The van der Waals surface area contributed by atoms with Crippen LogP contribution in [0, 0.1) is 5.82 Å². The van der Waals surface area contributed by atoms with Gasteiger partial charge in [-0.15, -0.1) is 12.4 Å². The van der Waals surface area contributed by atoms with Crippen molar-refractivity contribution in [2.24, 2.45) is 7.05 Å². The molecular formula is C17H21ClFN5O2. The minimum atomic E-state index is -0.600. The molecule has 0 saturated carbocycles. The fourth-order valence-electron chi connectivity index (χ4n) is 2.96. The number of aromatic nitrogens is 2. The second-order valence-electron chi connectivity index (χ2n) is 5.97. The highest BCUT2D eigenvalue weighted by Crippen LogP contribution is 2.27. The van der Waals surface area contributed by atoms with Crippen molar-refractivity contribution in [1.82, 2.24) is 15.1 Å². The molecule has 1 atom stereocenters. The Balaban J connectivity index is 0.00000243. The lowest BCUT2D eigenvalue weighted by atomic mass is 10.1. The highest BCUT2D eigenvalue weighted by atomic mass is 35.5. The fourth-order valence-corrected chi connectivity index (χ4v) is 2.96. The van der Waals surface area contributed by atoms with Crippen molar-refractivity contribution in [1.29, 1.82) is 0 Å². The summed E-state index contributed by atoms with van der Waals surface area (Å²) >= 11 is 0. The lowest BCUT2D eigenvalue weighted by molar-refractivity contribution is -0.118. The lowest BCUT2D eigenvalue weighted by Gasteiger charge is -2.18. The first kappa shape index (κ1) is 19.9. The van der Waals surface area contributed by atoms with Gasteiger partial charge in [0.25, 0.3) is 0 Å². The number of carbonyl (C=O) groups is 2. The number of halogens is 2. The van der Waals surface area contributed by atoms with Crippen molar-refractivity contribution in [2.75, 3.05) is 23.8 Å². The molecule has 1 aromatic carbocycles. The van der Waals surface area contributed by atoms with Crippen LogP contribution in [0.4, 0.5) is 15.8 Å². The van der Waals surface area contributed by atoms with Crippen LogP contribution in [0.25, 0.3) is 0 Å². The first-order valence-corrected chi connectivity index (χ1v) is 8.06. The van der Waals surface area contributed by atoms with E-state index in [-0.39, 0.29) is 29.9 Å². The Labute approximate surface area is 157 Å². The number of benzene rings is 1. The van der Waals surface area contributed by atoms with Gasteiger partial charge in [-0.25, -0.2) is 4.39 Å². The fraction of sp³-hybridized carbons (Fsp3) is 0.353. The molecule has 0 radical (unpaired) electrons. The molecule has 26 heavy (non-hydrogen) atoms. The summed E-state index contributed by atoms with van der Waals surface area (Å²) in [6.07, 6.45) is 4.51. The van der Waals surface area contributed by atoms with Crippen LogP contribution in [0.15, 0.2) is 30.6 Å². The molecule has 3 rings (SSSR count). The maximum atomic E-state index is 14.4. The molecule has 1 saturated heterocycles. The van der Waals surface area contributed by atoms with E-state index in [1.807, 2.05) is 0 Å². The molecule has 9 heteroatoms. The number of hydrogen-bond donors (Lipinski definition) is 2. The predicted octanol–water partition coefficient (Wildman–Crippen LogP) is 2.01. The van der Waals surface area contributed by atoms with Crippen LogP contribution in [-0.4, -0.2) is 35.2 Å². The molecule has 2 amide bonds. The Morgan fingerprint density at radius 3 is 2.69 bits per heavy atom. The van der Waals surface area contributed by atoms with Gasteiger partial charge in [-0.1, -0.05) is 0 Å². The molecule has 0 spiro atoms. The van der Waals surface area contributed by atoms with Gasteiger partial charge in [0.05, 0.1) is 11.9 Å². The SMILES string of the molecule is CNC(C(=O)Nc1ccc(N2CCCC2=O)c(F)c1)c1cnn(C)c1.Cl. The molecule has 7 nitrogen and oxygen atoms in total. The molecule has 1 aromatic heterocycles. The number of likely N-dealkylation sites (N-methyl/N-ethyl adjacent to an activating group) is 1. The van der Waals surface area contributed by atoms with E-state index in [1.54, 1.807) is 37.2 Å². The summed E-state index contributed by atoms with van der Waals surface area (Å²) in [5, 5.41) is 9.66. The summed E-state index contributed by atoms with van der Waals surface area (Å²) in [4.78, 5) is 25.6. The van der Waals surface area contributed by atoms with Crippen molar-refractivity contribution in [3.63, 3.8) is 0 Å². The average molecular weight is 382 g/mol. The number of nitrogens with one attached hydrogen (secondary N) is 2. The Hall–Kier alpha value is -2.45. The molecular weight excluding hydrogens is 361 g/mol. The van der Waals surface area contributed by atoms with Crippen LogP contribution in [0.1, 0.15) is 24.4 Å². The number of aryl methyl sites for hydroxylation is 1. The van der Waals surface area contributed by atoms with Gasteiger partial charge in [0.15, 0.2) is 0 Å². The van der Waals surface area contributed by atoms with E-state index in [0.29, 0.717) is 24.2 Å². The van der Waals surface area contributed by atoms with Crippen molar-refractivity contribution in [3.05, 3.63) is 42.0 Å². The third-order valence-corrected chi connectivity index (χ3v) is 4.19. The van der Waals surface area contributed by atoms with E-state index >= 15 is 0 Å². The predicted molar refractivity (Wildman–Crippen MR) is 98.9 cm³/mol. The van der Waals surface area contributed by atoms with Gasteiger partial charge in [-0.05, 0) is 31.7 Å². The van der Waals surface area contributed by atoms with E-state index in [4.69, 9.17) is 0 Å². The van der Waals surface area contributed by atoms with Gasteiger partial charge in [0.1, 0.15) is 11.9 Å². The molecule has 0 bridgehead atoms. The molecule has 2 aromatic rings. The summed E-state index contributed by atoms with van der Waals surface area (Å²) < 4.78 is 16.0. The normalized spacial score (nSPS) is 14.9. The third-order valence-electron chi connectivity index (χ3n) is 4.19.